The fourth-order valence-corrected chi connectivity index (χ4v) is 0.913. The van der Waals surface area contributed by atoms with E-state index < -0.39 is 24.0 Å². The molecule has 0 bridgehead atoms. The standard InChI is InChI=1S/C7H10N4O4/c1-3(12)4(7(14)15)10-6(13)5-8-2-9-11-5/h2-4,12H,1H3,(H,10,13)(H,14,15)(H,8,9,11). The van der Waals surface area contributed by atoms with Crippen LogP contribution in [0.15, 0.2) is 6.33 Å². The summed E-state index contributed by atoms with van der Waals surface area (Å²) in [7, 11) is 0. The molecule has 0 aromatic carbocycles. The molecule has 0 aliphatic carbocycles. The third-order valence-electron chi connectivity index (χ3n) is 1.67. The normalized spacial score (nSPS) is 14.3. The molecule has 1 amide bonds. The minimum absolute atomic E-state index is 0.109. The van der Waals surface area contributed by atoms with E-state index in [9.17, 15) is 9.59 Å². The number of carbonyl (C=O) groups is 2. The van der Waals surface area contributed by atoms with Crippen LogP contribution in [0.5, 0.6) is 0 Å². The maximum Gasteiger partial charge on any atom is 0.328 e. The smallest absolute Gasteiger partial charge is 0.328 e. The first-order chi connectivity index (χ1) is 7.02. The van der Waals surface area contributed by atoms with Crippen LogP contribution in [0.25, 0.3) is 0 Å². The summed E-state index contributed by atoms with van der Waals surface area (Å²) in [5.41, 5.74) is 0. The first-order valence-electron chi connectivity index (χ1n) is 4.09. The van der Waals surface area contributed by atoms with Gasteiger partial charge in [0.25, 0.3) is 5.91 Å². The molecule has 1 aromatic rings. The number of hydrogen-bond acceptors (Lipinski definition) is 5. The topological polar surface area (TPSA) is 128 Å². The van der Waals surface area contributed by atoms with Crippen molar-refractivity contribution in [1.82, 2.24) is 20.5 Å². The van der Waals surface area contributed by atoms with Crippen LogP contribution >= 0.6 is 0 Å². The molecule has 2 unspecified atom stereocenters. The number of carboxylic acid groups (broad SMARTS) is 1. The lowest BCUT2D eigenvalue weighted by atomic mass is 10.2. The van der Waals surface area contributed by atoms with Crippen LogP contribution in [0.1, 0.15) is 17.5 Å². The molecule has 1 heterocycles. The predicted octanol–water partition coefficient (Wildman–Crippen LogP) is -1.63. The molecule has 8 heteroatoms. The number of amides is 1. The Labute approximate surface area is 84.3 Å². The van der Waals surface area contributed by atoms with Gasteiger partial charge in [0, 0.05) is 0 Å². The zero-order chi connectivity index (χ0) is 11.4. The maximum atomic E-state index is 11.3. The molecule has 1 aromatic heterocycles. The van der Waals surface area contributed by atoms with E-state index in [4.69, 9.17) is 10.2 Å². The predicted molar refractivity (Wildman–Crippen MR) is 47.0 cm³/mol. The fourth-order valence-electron chi connectivity index (χ4n) is 0.913. The number of aromatic nitrogens is 3. The van der Waals surface area contributed by atoms with Gasteiger partial charge in [-0.25, -0.2) is 9.78 Å². The van der Waals surface area contributed by atoms with Crippen molar-refractivity contribution < 1.29 is 19.8 Å². The molecule has 0 spiro atoms. The number of carboxylic acids is 1. The van der Waals surface area contributed by atoms with E-state index in [1.54, 1.807) is 0 Å². The summed E-state index contributed by atoms with van der Waals surface area (Å²) >= 11 is 0. The molecular formula is C7H10N4O4. The molecule has 1 rings (SSSR count). The van der Waals surface area contributed by atoms with Crippen molar-refractivity contribution in [2.45, 2.75) is 19.1 Å². The van der Waals surface area contributed by atoms with Gasteiger partial charge in [0.15, 0.2) is 6.04 Å². The zero-order valence-corrected chi connectivity index (χ0v) is 7.84. The summed E-state index contributed by atoms with van der Waals surface area (Å²) in [6.07, 6.45) is -0.0815. The Kier molecular flexibility index (Phi) is 3.34. The van der Waals surface area contributed by atoms with E-state index in [0.717, 1.165) is 6.33 Å². The Morgan fingerprint density at radius 1 is 1.60 bits per heavy atom. The zero-order valence-electron chi connectivity index (χ0n) is 7.84. The molecule has 82 valence electrons. The molecule has 0 saturated heterocycles. The summed E-state index contributed by atoms with van der Waals surface area (Å²) in [4.78, 5) is 25.5. The third-order valence-corrected chi connectivity index (χ3v) is 1.67. The van der Waals surface area contributed by atoms with Gasteiger partial charge in [-0.3, -0.25) is 9.89 Å². The van der Waals surface area contributed by atoms with Crippen LogP contribution in [-0.2, 0) is 4.79 Å². The Bertz CT molecular complexity index is 348. The van der Waals surface area contributed by atoms with Gasteiger partial charge in [0.2, 0.25) is 5.82 Å². The Balaban J connectivity index is 2.67. The fraction of sp³-hybridized carbons (Fsp3) is 0.429. The van der Waals surface area contributed by atoms with Crippen LogP contribution in [0.2, 0.25) is 0 Å². The highest BCUT2D eigenvalue weighted by molar-refractivity contribution is 5.93. The molecule has 0 saturated carbocycles. The van der Waals surface area contributed by atoms with E-state index in [1.165, 1.54) is 6.92 Å². The van der Waals surface area contributed by atoms with Crippen molar-refractivity contribution in [3.63, 3.8) is 0 Å². The number of carbonyl (C=O) groups excluding carboxylic acids is 1. The summed E-state index contributed by atoms with van der Waals surface area (Å²) in [5.74, 6) is -2.17. The van der Waals surface area contributed by atoms with Crippen LogP contribution in [-0.4, -0.2) is 49.4 Å². The largest absolute Gasteiger partial charge is 0.480 e. The van der Waals surface area contributed by atoms with Gasteiger partial charge in [-0.05, 0) is 6.92 Å². The molecule has 0 radical (unpaired) electrons. The summed E-state index contributed by atoms with van der Waals surface area (Å²) in [5, 5.41) is 25.6. The summed E-state index contributed by atoms with van der Waals surface area (Å²) < 4.78 is 0. The maximum absolute atomic E-state index is 11.3. The number of nitrogens with one attached hydrogen (secondary N) is 2. The van der Waals surface area contributed by atoms with Crippen molar-refractivity contribution in [3.05, 3.63) is 12.2 Å². The van der Waals surface area contributed by atoms with Gasteiger partial charge >= 0.3 is 5.97 Å². The average Bonchev–Trinajstić information content (AvgIpc) is 2.65. The van der Waals surface area contributed by atoms with Crippen LogP contribution in [0.3, 0.4) is 0 Å². The SMILES string of the molecule is CC(O)C(NC(=O)c1ncn[nH]1)C(=O)O. The van der Waals surface area contributed by atoms with Gasteiger partial charge in [0.05, 0.1) is 6.10 Å². The number of aliphatic hydroxyl groups excluding tert-OH is 1. The van der Waals surface area contributed by atoms with Crippen molar-refractivity contribution in [3.8, 4) is 0 Å². The van der Waals surface area contributed by atoms with Gasteiger partial charge in [-0.1, -0.05) is 0 Å². The van der Waals surface area contributed by atoms with Crippen LogP contribution in [0.4, 0.5) is 0 Å². The molecule has 2 atom stereocenters. The second kappa shape index (κ2) is 4.51. The number of aliphatic hydroxyl groups is 1. The van der Waals surface area contributed by atoms with Crippen LogP contribution in [0, 0.1) is 0 Å². The third kappa shape index (κ3) is 2.74. The number of nitrogens with zero attached hydrogens (tertiary/aromatic N) is 2. The number of H-pyrrole nitrogens is 1. The van der Waals surface area contributed by atoms with E-state index in [2.05, 4.69) is 20.5 Å². The van der Waals surface area contributed by atoms with Crippen molar-refractivity contribution in [2.75, 3.05) is 0 Å². The van der Waals surface area contributed by atoms with E-state index in [0.29, 0.717) is 0 Å². The van der Waals surface area contributed by atoms with E-state index in [-0.39, 0.29) is 5.82 Å². The van der Waals surface area contributed by atoms with Crippen molar-refractivity contribution >= 4 is 11.9 Å². The molecule has 0 aliphatic heterocycles. The molecule has 0 fully saturated rings. The Morgan fingerprint density at radius 2 is 2.27 bits per heavy atom. The lowest BCUT2D eigenvalue weighted by Gasteiger charge is -2.15. The minimum atomic E-state index is -1.37. The minimum Gasteiger partial charge on any atom is -0.480 e. The van der Waals surface area contributed by atoms with E-state index in [1.807, 2.05) is 0 Å². The van der Waals surface area contributed by atoms with E-state index >= 15 is 0 Å². The molecular weight excluding hydrogens is 204 g/mol. The number of hydrogen-bond donors (Lipinski definition) is 4. The first-order valence-corrected chi connectivity index (χ1v) is 4.09. The number of aromatic amines is 1. The van der Waals surface area contributed by atoms with Gasteiger partial charge in [-0.2, -0.15) is 5.10 Å². The lowest BCUT2D eigenvalue weighted by Crippen LogP contribution is -2.47. The molecule has 0 aliphatic rings. The number of rotatable bonds is 4. The highest BCUT2D eigenvalue weighted by atomic mass is 16.4. The first kappa shape index (κ1) is 11.1. The van der Waals surface area contributed by atoms with Crippen LogP contribution < -0.4 is 5.32 Å². The van der Waals surface area contributed by atoms with Crippen molar-refractivity contribution in [2.24, 2.45) is 0 Å². The summed E-state index contributed by atoms with van der Waals surface area (Å²) in [6, 6.07) is -1.37. The quantitative estimate of drug-likeness (QED) is 0.476. The highest BCUT2D eigenvalue weighted by Crippen LogP contribution is 1.95. The monoisotopic (exact) mass is 214 g/mol. The summed E-state index contributed by atoms with van der Waals surface area (Å²) in [6.45, 7) is 1.26. The number of aliphatic carboxylic acids is 1. The molecule has 15 heavy (non-hydrogen) atoms. The van der Waals surface area contributed by atoms with Crippen molar-refractivity contribution in [1.29, 1.82) is 0 Å². The van der Waals surface area contributed by atoms with Gasteiger partial charge in [0.1, 0.15) is 6.33 Å². The second-order valence-corrected chi connectivity index (χ2v) is 2.86. The Hall–Kier alpha value is -1.96. The average molecular weight is 214 g/mol. The molecule has 8 nitrogen and oxygen atoms in total. The van der Waals surface area contributed by atoms with Gasteiger partial charge in [-0.15, -0.1) is 0 Å². The second-order valence-electron chi connectivity index (χ2n) is 2.86. The van der Waals surface area contributed by atoms with Gasteiger partial charge < -0.3 is 15.5 Å². The lowest BCUT2D eigenvalue weighted by molar-refractivity contribution is -0.141. The molecule has 4 N–H and O–H groups in total. The highest BCUT2D eigenvalue weighted by Gasteiger charge is 2.26. The Morgan fingerprint density at radius 3 is 2.67 bits per heavy atom.